The first-order valence-corrected chi connectivity index (χ1v) is 15.1. The number of rotatable bonds is 0. The molecule has 0 bridgehead atoms. The first-order valence-electron chi connectivity index (χ1n) is 15.1. The van der Waals surface area contributed by atoms with Crippen molar-refractivity contribution in [3.8, 4) is 23.0 Å². The number of benzene rings is 4. The molecule has 0 aliphatic carbocycles. The zero-order chi connectivity index (χ0) is 33.9. The van der Waals surface area contributed by atoms with Gasteiger partial charge in [0.15, 0.2) is 0 Å². The summed E-state index contributed by atoms with van der Waals surface area (Å²) in [5.74, 6) is 0.556. The molecule has 0 spiro atoms. The van der Waals surface area contributed by atoms with E-state index in [0.29, 0.717) is 0 Å². The van der Waals surface area contributed by atoms with E-state index >= 15 is 0 Å². The summed E-state index contributed by atoms with van der Waals surface area (Å²) in [5.41, 5.74) is 3.44. The van der Waals surface area contributed by atoms with Gasteiger partial charge in [-0.1, -0.05) is 202 Å². The fourth-order valence-electron chi connectivity index (χ4n) is 4.34. The number of hydrogen-bond acceptors (Lipinski definition) is 4. The maximum atomic E-state index is 11.3. The maximum Gasteiger partial charge on any atom is 4.00 e. The van der Waals surface area contributed by atoms with Crippen LogP contribution in [0, 0.1) is 0 Å². The van der Waals surface area contributed by atoms with Gasteiger partial charge in [-0.05, 0) is 21.7 Å². The molecule has 0 aliphatic rings. The van der Waals surface area contributed by atoms with Gasteiger partial charge in [0.05, 0.1) is 0 Å². The average molecular weight is 688 g/mol. The molecule has 240 valence electrons. The molecule has 4 aromatic carbocycles. The Morgan fingerprint density at radius 2 is 0.422 bits per heavy atom. The van der Waals surface area contributed by atoms with Crippen molar-refractivity contribution >= 4 is 0 Å². The summed E-state index contributed by atoms with van der Waals surface area (Å²) >= 11 is 0. The molecule has 0 atom stereocenters. The summed E-state index contributed by atoms with van der Waals surface area (Å²) in [5, 5.41) is 45.1. The molecule has 0 saturated heterocycles. The van der Waals surface area contributed by atoms with E-state index in [4.69, 9.17) is 0 Å². The van der Waals surface area contributed by atoms with E-state index in [0.717, 1.165) is 22.3 Å². The topological polar surface area (TPSA) is 92.2 Å². The van der Waals surface area contributed by atoms with Gasteiger partial charge < -0.3 is 20.4 Å². The van der Waals surface area contributed by atoms with Crippen molar-refractivity contribution < 1.29 is 46.6 Å². The molecule has 0 fully saturated rings. The summed E-state index contributed by atoms with van der Waals surface area (Å²) in [7, 11) is 0. The molecule has 4 rings (SSSR count). The van der Waals surface area contributed by atoms with Gasteiger partial charge in [-0.15, -0.1) is 23.0 Å². The molecule has 0 aromatic heterocycles. The number of para-hydroxylation sites is 4. The van der Waals surface area contributed by atoms with Crippen molar-refractivity contribution in [3.63, 3.8) is 0 Å². The third-order valence-electron chi connectivity index (χ3n) is 6.78. The second kappa shape index (κ2) is 17.6. The molecule has 4 nitrogen and oxygen atoms in total. The van der Waals surface area contributed by atoms with Crippen LogP contribution >= 0.6 is 0 Å². The van der Waals surface area contributed by atoms with Crippen LogP contribution in [0.15, 0.2) is 97.1 Å². The van der Waals surface area contributed by atoms with Crippen LogP contribution in [-0.2, 0) is 47.9 Å². The van der Waals surface area contributed by atoms with E-state index in [9.17, 15) is 20.4 Å². The fraction of sp³-hybridized carbons (Fsp3) is 0.400. The second-order valence-electron chi connectivity index (χ2n) is 15.0. The molecule has 4 aromatic rings. The van der Waals surface area contributed by atoms with E-state index in [2.05, 4.69) is 0 Å². The molecule has 0 unspecified atom stereocenters. The second-order valence-corrected chi connectivity index (χ2v) is 15.0. The molecule has 0 amide bonds. The Morgan fingerprint density at radius 3 is 0.511 bits per heavy atom. The summed E-state index contributed by atoms with van der Waals surface area (Å²) in [4.78, 5) is 0. The zero-order valence-corrected chi connectivity index (χ0v) is 31.8. The van der Waals surface area contributed by atoms with Gasteiger partial charge >= 0.3 is 26.2 Å². The van der Waals surface area contributed by atoms with Crippen molar-refractivity contribution in [2.45, 2.75) is 105 Å². The van der Waals surface area contributed by atoms with Gasteiger partial charge in [0.1, 0.15) is 0 Å². The van der Waals surface area contributed by atoms with Crippen molar-refractivity contribution in [3.05, 3.63) is 119 Å². The summed E-state index contributed by atoms with van der Waals surface area (Å²) < 4.78 is 0. The smallest absolute Gasteiger partial charge is 0.872 e. The summed E-state index contributed by atoms with van der Waals surface area (Å²) in [6.45, 7) is 24.5. The van der Waals surface area contributed by atoms with Crippen LogP contribution < -0.4 is 20.4 Å². The minimum absolute atomic E-state index is 0. The zero-order valence-electron chi connectivity index (χ0n) is 29.4. The Kier molecular flexibility index (Phi) is 16.4. The van der Waals surface area contributed by atoms with E-state index in [1.54, 1.807) is 48.5 Å². The predicted octanol–water partition coefficient (Wildman–Crippen LogP) is 8.23. The first-order chi connectivity index (χ1) is 20.1. The monoisotopic (exact) mass is 686 g/mol. The Bertz CT molecular complexity index is 1210. The SMILES string of the molecule is CC(C)(C)c1ccccc1[O-].CC(C)(C)c1ccccc1[O-].CC(C)(C)c1ccccc1[O-].CC(C)(C)c1ccccc1[O-].[Zr+4]. The Balaban J connectivity index is 0.000000569. The van der Waals surface area contributed by atoms with Gasteiger partial charge in [-0.2, -0.15) is 0 Å². The van der Waals surface area contributed by atoms with Crippen LogP contribution in [0.1, 0.15) is 105 Å². The Hall–Kier alpha value is -3.04. The third-order valence-corrected chi connectivity index (χ3v) is 6.78. The largest absolute Gasteiger partial charge is 4.00 e. The molecule has 0 radical (unpaired) electrons. The standard InChI is InChI=1S/4C10H14O.Zr/c4*1-10(2,3)8-6-4-5-7-9(8)11;/h4*4-7,11H,1-3H3;/q;;;;+4/p-4. The molecular weight excluding hydrogens is 636 g/mol. The van der Waals surface area contributed by atoms with Crippen LogP contribution in [0.5, 0.6) is 23.0 Å². The van der Waals surface area contributed by atoms with E-state index in [1.807, 2.05) is 132 Å². The number of hydrogen-bond donors (Lipinski definition) is 0. The quantitative estimate of drug-likeness (QED) is 0.186. The van der Waals surface area contributed by atoms with Crippen molar-refractivity contribution in [2.75, 3.05) is 0 Å². The molecule has 0 aliphatic heterocycles. The maximum absolute atomic E-state index is 11.3. The van der Waals surface area contributed by atoms with Gasteiger partial charge in [0.25, 0.3) is 0 Å². The summed E-state index contributed by atoms with van der Waals surface area (Å²) in [6.07, 6.45) is 0. The van der Waals surface area contributed by atoms with Crippen molar-refractivity contribution in [2.24, 2.45) is 0 Å². The first kappa shape index (κ1) is 42.0. The van der Waals surface area contributed by atoms with Crippen molar-refractivity contribution in [1.29, 1.82) is 0 Å². The van der Waals surface area contributed by atoms with Crippen molar-refractivity contribution in [1.82, 2.24) is 0 Å². The normalized spacial score (nSPS) is 11.3. The minimum atomic E-state index is -0.0294. The van der Waals surface area contributed by atoms with Gasteiger partial charge in [0.2, 0.25) is 0 Å². The van der Waals surface area contributed by atoms with Gasteiger partial charge in [-0.25, -0.2) is 0 Å². The van der Waals surface area contributed by atoms with Crippen LogP contribution in [0.2, 0.25) is 0 Å². The molecule has 5 heteroatoms. The third kappa shape index (κ3) is 14.7. The minimum Gasteiger partial charge on any atom is -0.872 e. The molecule has 45 heavy (non-hydrogen) atoms. The van der Waals surface area contributed by atoms with Crippen LogP contribution in [0.25, 0.3) is 0 Å². The predicted molar refractivity (Wildman–Crippen MR) is 178 cm³/mol. The average Bonchev–Trinajstić information content (AvgIpc) is 2.88. The molecule has 0 N–H and O–H groups in total. The van der Waals surface area contributed by atoms with E-state index in [1.165, 1.54) is 0 Å². The van der Waals surface area contributed by atoms with E-state index in [-0.39, 0.29) is 70.9 Å². The fourth-order valence-corrected chi connectivity index (χ4v) is 4.34. The molecular formula is C40H52O4Zr. The Labute approximate surface area is 292 Å². The van der Waals surface area contributed by atoms with Crippen LogP contribution in [0.4, 0.5) is 0 Å². The van der Waals surface area contributed by atoms with Gasteiger partial charge in [0, 0.05) is 0 Å². The van der Waals surface area contributed by atoms with Crippen LogP contribution in [-0.4, -0.2) is 0 Å². The summed E-state index contributed by atoms with van der Waals surface area (Å²) in [6, 6.07) is 28.7. The van der Waals surface area contributed by atoms with Crippen LogP contribution in [0.3, 0.4) is 0 Å². The molecule has 0 saturated carbocycles. The van der Waals surface area contributed by atoms with Gasteiger partial charge in [-0.3, -0.25) is 0 Å². The Morgan fingerprint density at radius 1 is 0.289 bits per heavy atom. The molecule has 0 heterocycles. The van der Waals surface area contributed by atoms with E-state index < -0.39 is 0 Å².